The summed E-state index contributed by atoms with van der Waals surface area (Å²) in [6.07, 6.45) is 0.861. The van der Waals surface area contributed by atoms with Crippen LogP contribution in [0.3, 0.4) is 0 Å². The maximum atomic E-state index is 12.4. The lowest BCUT2D eigenvalue weighted by Gasteiger charge is -2.29. The Bertz CT molecular complexity index is 789. The molecule has 1 aromatic carbocycles. The second kappa shape index (κ2) is 14.8. The largest absolute Gasteiger partial charge is 0.467 e. The molecule has 0 saturated heterocycles. The van der Waals surface area contributed by atoms with E-state index >= 15 is 0 Å². The smallest absolute Gasteiger partial charge is 0.408 e. The summed E-state index contributed by atoms with van der Waals surface area (Å²) in [5.74, 6) is 0.00234. The van der Waals surface area contributed by atoms with Gasteiger partial charge in [0.25, 0.3) is 0 Å². The Hall–Kier alpha value is -2.26. The third-order valence-corrected chi connectivity index (χ3v) is 6.09. The Morgan fingerprint density at radius 3 is 2.15 bits per heavy atom. The molecule has 4 atom stereocenters. The van der Waals surface area contributed by atoms with Crippen molar-refractivity contribution in [2.24, 2.45) is 11.8 Å². The highest BCUT2D eigenvalue weighted by atomic mass is 32.1. The van der Waals surface area contributed by atoms with Crippen molar-refractivity contribution in [3.05, 3.63) is 35.9 Å². The van der Waals surface area contributed by atoms with Crippen molar-refractivity contribution >= 4 is 46.5 Å². The third kappa shape index (κ3) is 10.5. The SMILES string of the molecule is CCC(C)[C@H](NC(=O)OCc1ccccc1)C(=S)N[C@@H](C)C(=S)N[C@@H](CC(C)C)C(=O)OC. The number of benzene rings is 1. The minimum atomic E-state index is -0.538. The van der Waals surface area contributed by atoms with E-state index in [2.05, 4.69) is 16.0 Å². The molecule has 1 aromatic rings. The lowest BCUT2D eigenvalue weighted by Crippen LogP contribution is -2.55. The monoisotopic (exact) mass is 495 g/mol. The predicted octanol–water partition coefficient (Wildman–Crippen LogP) is 4.14. The Morgan fingerprint density at radius 1 is 0.970 bits per heavy atom. The molecule has 0 heterocycles. The van der Waals surface area contributed by atoms with Crippen LogP contribution in [0.4, 0.5) is 4.79 Å². The summed E-state index contributed by atoms with van der Waals surface area (Å²) in [6.45, 7) is 10.1. The van der Waals surface area contributed by atoms with Gasteiger partial charge in [0.05, 0.1) is 29.2 Å². The number of ether oxygens (including phenoxy) is 2. The number of carbonyl (C=O) groups excluding carboxylic acids is 2. The number of hydrogen-bond acceptors (Lipinski definition) is 6. The number of hydrogen-bond donors (Lipinski definition) is 3. The van der Waals surface area contributed by atoms with Crippen LogP contribution in [0.2, 0.25) is 0 Å². The van der Waals surface area contributed by atoms with E-state index in [1.807, 2.05) is 65.0 Å². The molecule has 1 rings (SSSR count). The highest BCUT2D eigenvalue weighted by Crippen LogP contribution is 2.11. The van der Waals surface area contributed by atoms with Gasteiger partial charge in [-0.05, 0) is 30.7 Å². The van der Waals surface area contributed by atoms with Gasteiger partial charge in [-0.15, -0.1) is 0 Å². The molecule has 7 nitrogen and oxygen atoms in total. The number of rotatable bonds is 12. The van der Waals surface area contributed by atoms with Gasteiger partial charge in [-0.25, -0.2) is 9.59 Å². The average molecular weight is 496 g/mol. The van der Waals surface area contributed by atoms with Crippen LogP contribution < -0.4 is 16.0 Å². The standard InChI is InChI=1S/C24H37N3O4S2/c1-7-16(4)20(27-24(29)31-14-18-11-9-8-10-12-18)22(33)25-17(5)21(32)26-19(13-15(2)3)23(28)30-6/h8-12,15-17,19-20H,7,13-14H2,1-6H3,(H,25,33)(H,26,32)(H,27,29)/t16?,17-,19-,20-/m0/s1. The summed E-state index contributed by atoms with van der Waals surface area (Å²) in [5, 5.41) is 9.16. The van der Waals surface area contributed by atoms with Gasteiger partial charge >= 0.3 is 12.1 Å². The molecular weight excluding hydrogens is 458 g/mol. The highest BCUT2D eigenvalue weighted by Gasteiger charge is 2.27. The van der Waals surface area contributed by atoms with E-state index < -0.39 is 18.2 Å². The van der Waals surface area contributed by atoms with Crippen molar-refractivity contribution in [2.45, 2.75) is 72.2 Å². The van der Waals surface area contributed by atoms with Crippen LogP contribution in [0.5, 0.6) is 0 Å². The van der Waals surface area contributed by atoms with Crippen LogP contribution in [0.15, 0.2) is 30.3 Å². The molecule has 0 fully saturated rings. The van der Waals surface area contributed by atoms with E-state index in [4.69, 9.17) is 33.9 Å². The number of amides is 1. The summed E-state index contributed by atoms with van der Waals surface area (Å²) >= 11 is 11.1. The Morgan fingerprint density at radius 2 is 1.61 bits per heavy atom. The van der Waals surface area contributed by atoms with E-state index in [1.165, 1.54) is 7.11 Å². The van der Waals surface area contributed by atoms with Gasteiger partial charge < -0.3 is 25.4 Å². The molecule has 0 aliphatic rings. The van der Waals surface area contributed by atoms with Gasteiger partial charge in [-0.2, -0.15) is 0 Å². The number of alkyl carbamates (subject to hydrolysis) is 1. The number of nitrogens with one attached hydrogen (secondary N) is 3. The van der Waals surface area contributed by atoms with E-state index in [0.717, 1.165) is 12.0 Å². The van der Waals surface area contributed by atoms with Crippen LogP contribution in [-0.4, -0.2) is 47.3 Å². The topological polar surface area (TPSA) is 88.7 Å². The quantitative estimate of drug-likeness (QED) is 0.295. The Balaban J connectivity index is 2.73. The molecule has 1 unspecified atom stereocenters. The number of thiocarbonyl (C=S) groups is 2. The van der Waals surface area contributed by atoms with E-state index in [0.29, 0.717) is 16.4 Å². The second-order valence-electron chi connectivity index (χ2n) is 8.51. The second-order valence-corrected chi connectivity index (χ2v) is 9.39. The summed E-state index contributed by atoms with van der Waals surface area (Å²) < 4.78 is 10.2. The first-order valence-electron chi connectivity index (χ1n) is 11.2. The van der Waals surface area contributed by atoms with Gasteiger partial charge in [0.15, 0.2) is 0 Å². The summed E-state index contributed by atoms with van der Waals surface area (Å²) in [5.41, 5.74) is 0.903. The molecule has 0 aromatic heterocycles. The molecule has 0 bridgehead atoms. The van der Waals surface area contributed by atoms with E-state index in [1.54, 1.807) is 0 Å². The molecule has 33 heavy (non-hydrogen) atoms. The van der Waals surface area contributed by atoms with E-state index in [-0.39, 0.29) is 30.5 Å². The van der Waals surface area contributed by atoms with Gasteiger partial charge in [-0.3, -0.25) is 0 Å². The van der Waals surface area contributed by atoms with Crippen LogP contribution in [0.1, 0.15) is 53.0 Å². The third-order valence-electron chi connectivity index (χ3n) is 5.24. The van der Waals surface area contributed by atoms with Crippen molar-refractivity contribution in [2.75, 3.05) is 7.11 Å². The van der Waals surface area contributed by atoms with Crippen LogP contribution >= 0.6 is 24.4 Å². The molecule has 0 radical (unpaired) electrons. The summed E-state index contributed by atoms with van der Waals surface area (Å²) in [4.78, 5) is 25.4. The fourth-order valence-electron chi connectivity index (χ4n) is 3.09. The molecular formula is C24H37N3O4S2. The average Bonchev–Trinajstić information content (AvgIpc) is 2.79. The first kappa shape index (κ1) is 28.8. The normalized spacial score (nSPS) is 14.4. The van der Waals surface area contributed by atoms with Crippen LogP contribution in [0, 0.1) is 11.8 Å². The fourth-order valence-corrected chi connectivity index (χ4v) is 3.76. The van der Waals surface area contributed by atoms with Crippen molar-refractivity contribution < 1.29 is 19.1 Å². The molecule has 0 aliphatic heterocycles. The molecule has 0 saturated carbocycles. The van der Waals surface area contributed by atoms with Gasteiger partial charge in [0, 0.05) is 0 Å². The molecule has 0 spiro atoms. The number of methoxy groups -OCH3 is 1. The number of esters is 1. The lowest BCUT2D eigenvalue weighted by atomic mass is 9.99. The molecule has 184 valence electrons. The van der Waals surface area contributed by atoms with Gasteiger partial charge in [0.1, 0.15) is 12.6 Å². The van der Waals surface area contributed by atoms with Crippen molar-refractivity contribution in [1.82, 2.24) is 16.0 Å². The van der Waals surface area contributed by atoms with Crippen molar-refractivity contribution in [3.8, 4) is 0 Å². The zero-order valence-electron chi connectivity index (χ0n) is 20.3. The molecule has 1 amide bonds. The van der Waals surface area contributed by atoms with Crippen LogP contribution in [-0.2, 0) is 20.9 Å². The fraction of sp³-hybridized carbons (Fsp3) is 0.583. The van der Waals surface area contributed by atoms with Crippen molar-refractivity contribution in [1.29, 1.82) is 0 Å². The minimum absolute atomic E-state index is 0.0757. The maximum absolute atomic E-state index is 12.4. The number of carbonyl (C=O) groups is 2. The van der Waals surface area contributed by atoms with Crippen molar-refractivity contribution in [3.63, 3.8) is 0 Å². The summed E-state index contributed by atoms with van der Waals surface area (Å²) in [7, 11) is 1.36. The molecule has 9 heteroatoms. The van der Waals surface area contributed by atoms with Crippen LogP contribution in [0.25, 0.3) is 0 Å². The minimum Gasteiger partial charge on any atom is -0.467 e. The Labute approximate surface area is 208 Å². The zero-order chi connectivity index (χ0) is 25.0. The first-order valence-corrected chi connectivity index (χ1v) is 12.1. The zero-order valence-corrected chi connectivity index (χ0v) is 22.0. The Kier molecular flexibility index (Phi) is 12.9. The van der Waals surface area contributed by atoms with Gasteiger partial charge in [0.2, 0.25) is 0 Å². The first-order chi connectivity index (χ1) is 15.6. The van der Waals surface area contributed by atoms with E-state index in [9.17, 15) is 9.59 Å². The molecule has 3 N–H and O–H groups in total. The predicted molar refractivity (Wildman–Crippen MR) is 139 cm³/mol. The van der Waals surface area contributed by atoms with Gasteiger partial charge in [-0.1, -0.05) is 88.9 Å². The molecule has 0 aliphatic carbocycles. The maximum Gasteiger partial charge on any atom is 0.408 e. The highest BCUT2D eigenvalue weighted by molar-refractivity contribution is 7.81. The lowest BCUT2D eigenvalue weighted by molar-refractivity contribution is -0.143. The summed E-state index contributed by atoms with van der Waals surface area (Å²) in [6, 6.07) is 8.17.